The van der Waals surface area contributed by atoms with E-state index in [4.69, 9.17) is 0 Å². The zero-order valence-corrected chi connectivity index (χ0v) is 13.1. The van der Waals surface area contributed by atoms with Crippen molar-refractivity contribution in [1.29, 1.82) is 0 Å². The number of nitrogens with one attached hydrogen (secondary N) is 1. The number of rotatable bonds is 4. The number of piperazine rings is 1. The smallest absolute Gasteiger partial charge is 0.141 e. The van der Waals surface area contributed by atoms with Crippen molar-refractivity contribution in [2.45, 2.75) is 70.1 Å². The maximum atomic E-state index is 4.51. The van der Waals surface area contributed by atoms with Crippen molar-refractivity contribution in [3.63, 3.8) is 0 Å². The quantitative estimate of drug-likeness (QED) is 0.918. The highest BCUT2D eigenvalue weighted by molar-refractivity contribution is 5.05. The van der Waals surface area contributed by atoms with E-state index in [9.17, 15) is 0 Å². The fourth-order valence-corrected chi connectivity index (χ4v) is 4.35. The summed E-state index contributed by atoms with van der Waals surface area (Å²) in [7, 11) is 0. The molecule has 1 atom stereocenters. The summed E-state index contributed by atoms with van der Waals surface area (Å²) >= 11 is 0. The van der Waals surface area contributed by atoms with Gasteiger partial charge < -0.3 is 5.32 Å². The highest BCUT2D eigenvalue weighted by Crippen LogP contribution is 2.41. The molecule has 0 amide bonds. The van der Waals surface area contributed by atoms with Gasteiger partial charge in [0, 0.05) is 31.2 Å². The third-order valence-corrected chi connectivity index (χ3v) is 5.83. The maximum absolute atomic E-state index is 4.51. The molecule has 3 aliphatic rings. The molecule has 5 heteroatoms. The Morgan fingerprint density at radius 3 is 2.86 bits per heavy atom. The van der Waals surface area contributed by atoms with E-state index in [2.05, 4.69) is 31.9 Å². The Balaban J connectivity index is 1.55. The van der Waals surface area contributed by atoms with Gasteiger partial charge in [-0.2, -0.15) is 5.10 Å². The molecule has 116 valence electrons. The van der Waals surface area contributed by atoms with Crippen molar-refractivity contribution in [2.75, 3.05) is 13.1 Å². The summed E-state index contributed by atoms with van der Waals surface area (Å²) in [5.41, 5.74) is 0.385. The number of aromatic nitrogens is 3. The van der Waals surface area contributed by atoms with Gasteiger partial charge in [-0.3, -0.25) is 4.90 Å². The van der Waals surface area contributed by atoms with Crippen LogP contribution in [0, 0.1) is 5.92 Å². The predicted octanol–water partition coefficient (Wildman–Crippen LogP) is 1.79. The lowest BCUT2D eigenvalue weighted by Crippen LogP contribution is -2.63. The minimum Gasteiger partial charge on any atom is -0.311 e. The molecular weight excluding hydrogens is 262 g/mol. The predicted molar refractivity (Wildman–Crippen MR) is 81.8 cm³/mol. The van der Waals surface area contributed by atoms with Gasteiger partial charge in [-0.1, -0.05) is 12.8 Å². The SMILES string of the molecule is CCn1ncnc1CN1CC(C2CC2)NCC12CCCC2. The maximum Gasteiger partial charge on any atom is 0.141 e. The van der Waals surface area contributed by atoms with Crippen molar-refractivity contribution in [1.82, 2.24) is 25.0 Å². The largest absolute Gasteiger partial charge is 0.311 e. The molecule has 2 heterocycles. The second-order valence-corrected chi connectivity index (χ2v) is 7.13. The lowest BCUT2D eigenvalue weighted by Gasteiger charge is -2.48. The molecule has 0 aromatic carbocycles. The van der Waals surface area contributed by atoms with E-state index in [0.29, 0.717) is 11.6 Å². The van der Waals surface area contributed by atoms with Gasteiger partial charge in [0.1, 0.15) is 12.2 Å². The second kappa shape index (κ2) is 5.36. The van der Waals surface area contributed by atoms with Crippen LogP contribution in [0.3, 0.4) is 0 Å². The molecule has 1 aromatic heterocycles. The van der Waals surface area contributed by atoms with Crippen LogP contribution in [0.2, 0.25) is 0 Å². The minimum atomic E-state index is 0.385. The van der Waals surface area contributed by atoms with Crippen LogP contribution in [0.5, 0.6) is 0 Å². The van der Waals surface area contributed by atoms with E-state index in [-0.39, 0.29) is 0 Å². The average molecular weight is 289 g/mol. The molecule has 3 fully saturated rings. The van der Waals surface area contributed by atoms with Crippen molar-refractivity contribution in [3.05, 3.63) is 12.2 Å². The van der Waals surface area contributed by atoms with Crippen LogP contribution in [-0.4, -0.2) is 44.3 Å². The Morgan fingerprint density at radius 2 is 2.14 bits per heavy atom. The molecular formula is C16H27N5. The van der Waals surface area contributed by atoms with E-state index < -0.39 is 0 Å². The summed E-state index contributed by atoms with van der Waals surface area (Å²) in [5, 5.41) is 8.21. The highest BCUT2D eigenvalue weighted by Gasteiger charge is 2.46. The van der Waals surface area contributed by atoms with E-state index in [0.717, 1.165) is 24.8 Å². The molecule has 4 rings (SSSR count). The first-order valence-electron chi connectivity index (χ1n) is 8.66. The topological polar surface area (TPSA) is 46.0 Å². The zero-order chi connectivity index (χ0) is 14.3. The first kappa shape index (κ1) is 13.7. The van der Waals surface area contributed by atoms with Crippen LogP contribution >= 0.6 is 0 Å². The molecule has 2 saturated carbocycles. The summed E-state index contributed by atoms with van der Waals surface area (Å²) in [5.74, 6) is 2.07. The Kier molecular flexibility index (Phi) is 3.50. The Labute approximate surface area is 127 Å². The van der Waals surface area contributed by atoms with Gasteiger partial charge in [-0.15, -0.1) is 0 Å². The van der Waals surface area contributed by atoms with E-state index in [1.165, 1.54) is 51.6 Å². The summed E-state index contributed by atoms with van der Waals surface area (Å²) in [6.07, 6.45) is 10.0. The van der Waals surface area contributed by atoms with Gasteiger partial charge in [0.15, 0.2) is 0 Å². The Morgan fingerprint density at radius 1 is 1.33 bits per heavy atom. The molecule has 0 bridgehead atoms. The van der Waals surface area contributed by atoms with Gasteiger partial charge in [0.05, 0.1) is 6.54 Å². The molecule has 21 heavy (non-hydrogen) atoms. The van der Waals surface area contributed by atoms with Crippen molar-refractivity contribution >= 4 is 0 Å². The van der Waals surface area contributed by atoms with Gasteiger partial charge in [-0.25, -0.2) is 9.67 Å². The summed E-state index contributed by atoms with van der Waals surface area (Å²) < 4.78 is 2.05. The van der Waals surface area contributed by atoms with Gasteiger partial charge >= 0.3 is 0 Å². The first-order chi connectivity index (χ1) is 10.3. The van der Waals surface area contributed by atoms with Crippen LogP contribution in [0.1, 0.15) is 51.3 Å². The summed E-state index contributed by atoms with van der Waals surface area (Å²) in [6, 6.07) is 0.703. The summed E-state index contributed by atoms with van der Waals surface area (Å²) in [6.45, 7) is 6.41. The number of hydrogen-bond donors (Lipinski definition) is 1. The number of aryl methyl sites for hydroxylation is 1. The number of nitrogens with zero attached hydrogens (tertiary/aromatic N) is 4. The molecule has 1 aliphatic heterocycles. The van der Waals surface area contributed by atoms with Crippen molar-refractivity contribution in [2.24, 2.45) is 5.92 Å². The average Bonchev–Trinajstić information content (AvgIpc) is 3.07. The van der Waals surface area contributed by atoms with E-state index in [1.54, 1.807) is 6.33 Å². The van der Waals surface area contributed by atoms with Gasteiger partial charge in [0.25, 0.3) is 0 Å². The third kappa shape index (κ3) is 2.50. The fourth-order valence-electron chi connectivity index (χ4n) is 4.35. The lowest BCUT2D eigenvalue weighted by molar-refractivity contribution is 0.0279. The molecule has 5 nitrogen and oxygen atoms in total. The second-order valence-electron chi connectivity index (χ2n) is 7.13. The molecule has 1 spiro atoms. The number of hydrogen-bond acceptors (Lipinski definition) is 4. The lowest BCUT2D eigenvalue weighted by atomic mass is 9.90. The molecule has 0 radical (unpaired) electrons. The van der Waals surface area contributed by atoms with E-state index in [1.807, 2.05) is 0 Å². The van der Waals surface area contributed by atoms with Crippen LogP contribution < -0.4 is 5.32 Å². The molecule has 1 aromatic rings. The monoisotopic (exact) mass is 289 g/mol. The van der Waals surface area contributed by atoms with Crippen LogP contribution in [0.15, 0.2) is 6.33 Å². The molecule has 1 N–H and O–H groups in total. The standard InChI is InChI=1S/C16H27N5/c1-2-21-15(18-12-19-21)10-20-9-14(13-5-6-13)17-11-16(20)7-3-4-8-16/h12-14,17H,2-11H2,1H3. The third-order valence-electron chi connectivity index (χ3n) is 5.83. The zero-order valence-electron chi connectivity index (χ0n) is 13.1. The van der Waals surface area contributed by atoms with Gasteiger partial charge in [0.2, 0.25) is 0 Å². The fraction of sp³-hybridized carbons (Fsp3) is 0.875. The normalized spacial score (nSPS) is 29.3. The minimum absolute atomic E-state index is 0.385. The van der Waals surface area contributed by atoms with Crippen molar-refractivity contribution in [3.8, 4) is 0 Å². The van der Waals surface area contributed by atoms with Gasteiger partial charge in [-0.05, 0) is 38.5 Å². The first-order valence-corrected chi connectivity index (χ1v) is 8.66. The Bertz CT molecular complexity index is 487. The van der Waals surface area contributed by atoms with Crippen LogP contribution in [0.4, 0.5) is 0 Å². The molecule has 1 saturated heterocycles. The molecule has 2 aliphatic carbocycles. The van der Waals surface area contributed by atoms with E-state index >= 15 is 0 Å². The van der Waals surface area contributed by atoms with Crippen LogP contribution in [-0.2, 0) is 13.1 Å². The molecule has 1 unspecified atom stereocenters. The van der Waals surface area contributed by atoms with Crippen molar-refractivity contribution < 1.29 is 0 Å². The summed E-state index contributed by atoms with van der Waals surface area (Å²) in [4.78, 5) is 7.26. The Hall–Kier alpha value is -0.940. The van der Waals surface area contributed by atoms with Crippen LogP contribution in [0.25, 0.3) is 0 Å². The highest BCUT2D eigenvalue weighted by atomic mass is 15.4.